The summed E-state index contributed by atoms with van der Waals surface area (Å²) in [5.74, 6) is 0.929. The predicted octanol–water partition coefficient (Wildman–Crippen LogP) is 2.98. The maximum Gasteiger partial charge on any atom is 0.222 e. The lowest BCUT2D eigenvalue weighted by molar-refractivity contribution is -0.130. The minimum absolute atomic E-state index is 0.159. The average molecular weight is 256 g/mol. The molecule has 1 aromatic carbocycles. The first kappa shape index (κ1) is 13.8. The molecule has 1 aromatic rings. The number of benzene rings is 1. The summed E-state index contributed by atoms with van der Waals surface area (Å²) in [5.41, 5.74) is 0. The van der Waals surface area contributed by atoms with Crippen molar-refractivity contribution in [1.82, 2.24) is 4.90 Å². The first-order valence-corrected chi connectivity index (χ1v) is 6.13. The van der Waals surface area contributed by atoms with Crippen molar-refractivity contribution >= 4 is 17.5 Å². The average Bonchev–Trinajstić information content (AvgIpc) is 2.32. The minimum atomic E-state index is 0.159. The number of likely N-dealkylation sites (N-methyl/N-ethyl adjacent to an activating group) is 1. The van der Waals surface area contributed by atoms with E-state index in [1.54, 1.807) is 24.1 Å². The van der Waals surface area contributed by atoms with Gasteiger partial charge in [0.2, 0.25) is 5.91 Å². The number of carbonyl (C=O) groups excluding carboxylic acids is 1. The second-order valence-electron chi connectivity index (χ2n) is 3.87. The summed E-state index contributed by atoms with van der Waals surface area (Å²) in [6.45, 7) is 3.09. The minimum Gasteiger partial charge on any atom is -0.492 e. The molecular formula is C13H18ClNO2. The summed E-state index contributed by atoms with van der Waals surface area (Å²) in [4.78, 5) is 13.2. The Hall–Kier alpha value is -1.22. The van der Waals surface area contributed by atoms with Crippen molar-refractivity contribution < 1.29 is 9.53 Å². The molecule has 1 rings (SSSR count). The molecule has 0 atom stereocenters. The number of halogens is 1. The molecule has 0 heterocycles. The van der Waals surface area contributed by atoms with Crippen LogP contribution in [0.2, 0.25) is 5.02 Å². The van der Waals surface area contributed by atoms with E-state index >= 15 is 0 Å². The van der Waals surface area contributed by atoms with Crippen LogP contribution >= 0.6 is 11.6 Å². The van der Waals surface area contributed by atoms with Gasteiger partial charge in [0.05, 0.1) is 6.54 Å². The van der Waals surface area contributed by atoms with Crippen molar-refractivity contribution in [2.45, 2.75) is 19.8 Å². The van der Waals surface area contributed by atoms with E-state index < -0.39 is 0 Å². The Bertz CT molecular complexity index is 351. The summed E-state index contributed by atoms with van der Waals surface area (Å²) in [6.07, 6.45) is 1.47. The van der Waals surface area contributed by atoms with Crippen molar-refractivity contribution in [2.75, 3.05) is 20.2 Å². The molecule has 0 aliphatic rings. The Morgan fingerprint density at radius 1 is 1.35 bits per heavy atom. The van der Waals surface area contributed by atoms with Crippen LogP contribution in [0, 0.1) is 0 Å². The second kappa shape index (κ2) is 7.17. The fraction of sp³-hybridized carbons (Fsp3) is 0.462. The van der Waals surface area contributed by atoms with E-state index in [2.05, 4.69) is 0 Å². The van der Waals surface area contributed by atoms with Gasteiger partial charge in [-0.2, -0.15) is 0 Å². The van der Waals surface area contributed by atoms with Gasteiger partial charge in [0.25, 0.3) is 0 Å². The Morgan fingerprint density at radius 3 is 2.59 bits per heavy atom. The van der Waals surface area contributed by atoms with E-state index in [-0.39, 0.29) is 5.91 Å². The highest BCUT2D eigenvalue weighted by Crippen LogP contribution is 2.15. The molecule has 0 aliphatic heterocycles. The molecule has 0 N–H and O–H groups in total. The Balaban J connectivity index is 2.27. The number of rotatable bonds is 6. The van der Waals surface area contributed by atoms with Gasteiger partial charge >= 0.3 is 0 Å². The zero-order valence-corrected chi connectivity index (χ0v) is 11.0. The number of hydrogen-bond donors (Lipinski definition) is 0. The predicted molar refractivity (Wildman–Crippen MR) is 69.5 cm³/mol. The first-order valence-electron chi connectivity index (χ1n) is 5.75. The molecule has 17 heavy (non-hydrogen) atoms. The van der Waals surface area contributed by atoms with Crippen LogP contribution in [0.3, 0.4) is 0 Å². The number of nitrogens with zero attached hydrogens (tertiary/aromatic N) is 1. The van der Waals surface area contributed by atoms with Crippen molar-refractivity contribution in [3.8, 4) is 5.75 Å². The smallest absolute Gasteiger partial charge is 0.222 e. The summed E-state index contributed by atoms with van der Waals surface area (Å²) in [6, 6.07) is 7.19. The van der Waals surface area contributed by atoms with Gasteiger partial charge < -0.3 is 9.64 Å². The highest BCUT2D eigenvalue weighted by Gasteiger charge is 2.06. The van der Waals surface area contributed by atoms with E-state index in [0.29, 0.717) is 24.6 Å². The van der Waals surface area contributed by atoms with Crippen LogP contribution in [0.4, 0.5) is 0 Å². The third kappa shape index (κ3) is 5.09. The van der Waals surface area contributed by atoms with Gasteiger partial charge in [-0.3, -0.25) is 4.79 Å². The van der Waals surface area contributed by atoms with Gasteiger partial charge in [0.15, 0.2) is 0 Å². The highest BCUT2D eigenvalue weighted by atomic mass is 35.5. The van der Waals surface area contributed by atoms with Crippen LogP contribution in [0.25, 0.3) is 0 Å². The van der Waals surface area contributed by atoms with Gasteiger partial charge in [0.1, 0.15) is 12.4 Å². The fourth-order valence-corrected chi connectivity index (χ4v) is 1.49. The summed E-state index contributed by atoms with van der Waals surface area (Å²) in [5, 5.41) is 0.688. The first-order chi connectivity index (χ1) is 8.13. The molecule has 3 nitrogen and oxygen atoms in total. The van der Waals surface area contributed by atoms with Gasteiger partial charge in [0, 0.05) is 18.5 Å². The maximum atomic E-state index is 11.5. The van der Waals surface area contributed by atoms with Crippen LogP contribution in [-0.4, -0.2) is 31.0 Å². The highest BCUT2D eigenvalue weighted by molar-refractivity contribution is 6.30. The van der Waals surface area contributed by atoms with Crippen molar-refractivity contribution in [1.29, 1.82) is 0 Å². The van der Waals surface area contributed by atoms with E-state index in [9.17, 15) is 4.79 Å². The van der Waals surface area contributed by atoms with Crippen LogP contribution in [-0.2, 0) is 4.79 Å². The van der Waals surface area contributed by atoms with Crippen LogP contribution in [0.15, 0.2) is 24.3 Å². The Kier molecular flexibility index (Phi) is 5.84. The van der Waals surface area contributed by atoms with E-state index in [1.807, 2.05) is 19.1 Å². The number of carbonyl (C=O) groups is 1. The van der Waals surface area contributed by atoms with Crippen molar-refractivity contribution in [3.05, 3.63) is 29.3 Å². The molecule has 4 heteroatoms. The lowest BCUT2D eigenvalue weighted by Gasteiger charge is -2.17. The summed E-state index contributed by atoms with van der Waals surface area (Å²) in [7, 11) is 1.79. The molecule has 0 spiro atoms. The molecule has 1 amide bonds. The fourth-order valence-electron chi connectivity index (χ4n) is 1.36. The summed E-state index contributed by atoms with van der Waals surface area (Å²) >= 11 is 5.76. The number of hydrogen-bond acceptors (Lipinski definition) is 2. The zero-order valence-electron chi connectivity index (χ0n) is 10.3. The monoisotopic (exact) mass is 255 g/mol. The van der Waals surface area contributed by atoms with Crippen LogP contribution in [0.5, 0.6) is 5.75 Å². The molecule has 0 saturated heterocycles. The van der Waals surface area contributed by atoms with E-state index in [0.717, 1.165) is 12.2 Å². The second-order valence-corrected chi connectivity index (χ2v) is 4.30. The molecular weight excluding hydrogens is 238 g/mol. The van der Waals surface area contributed by atoms with Gasteiger partial charge in [-0.1, -0.05) is 18.5 Å². The van der Waals surface area contributed by atoms with Gasteiger partial charge in [-0.25, -0.2) is 0 Å². The lowest BCUT2D eigenvalue weighted by atomic mass is 10.3. The Labute approximate surface area is 107 Å². The van der Waals surface area contributed by atoms with E-state index in [4.69, 9.17) is 16.3 Å². The molecule has 94 valence electrons. The van der Waals surface area contributed by atoms with Gasteiger partial charge in [-0.05, 0) is 30.7 Å². The third-order valence-corrected chi connectivity index (χ3v) is 2.65. The quantitative estimate of drug-likeness (QED) is 0.782. The zero-order chi connectivity index (χ0) is 12.7. The molecule has 0 fully saturated rings. The largest absolute Gasteiger partial charge is 0.492 e. The molecule has 0 saturated carbocycles. The number of ether oxygens (including phenoxy) is 1. The molecule has 0 aromatic heterocycles. The number of amides is 1. The SMILES string of the molecule is CCCC(=O)N(C)CCOc1ccc(Cl)cc1. The molecule has 0 radical (unpaired) electrons. The third-order valence-electron chi connectivity index (χ3n) is 2.40. The van der Waals surface area contributed by atoms with Crippen molar-refractivity contribution in [2.24, 2.45) is 0 Å². The molecule has 0 unspecified atom stereocenters. The summed E-state index contributed by atoms with van der Waals surface area (Å²) < 4.78 is 5.51. The molecule has 0 aliphatic carbocycles. The lowest BCUT2D eigenvalue weighted by Crippen LogP contribution is -2.30. The van der Waals surface area contributed by atoms with Crippen molar-refractivity contribution in [3.63, 3.8) is 0 Å². The van der Waals surface area contributed by atoms with E-state index in [1.165, 1.54) is 0 Å². The van der Waals surface area contributed by atoms with Crippen LogP contribution < -0.4 is 4.74 Å². The maximum absolute atomic E-state index is 11.5. The molecule has 0 bridgehead atoms. The van der Waals surface area contributed by atoms with Gasteiger partial charge in [-0.15, -0.1) is 0 Å². The standard InChI is InChI=1S/C13H18ClNO2/c1-3-4-13(16)15(2)9-10-17-12-7-5-11(14)6-8-12/h5-8H,3-4,9-10H2,1-2H3. The normalized spacial score (nSPS) is 10.1. The topological polar surface area (TPSA) is 29.5 Å². The van der Waals surface area contributed by atoms with Crippen LogP contribution in [0.1, 0.15) is 19.8 Å². The Morgan fingerprint density at radius 2 is 2.00 bits per heavy atom.